The minimum atomic E-state index is 0.578. The van der Waals surface area contributed by atoms with Gasteiger partial charge in [-0.15, -0.1) is 11.3 Å². The van der Waals surface area contributed by atoms with Gasteiger partial charge in [0.15, 0.2) is 5.13 Å². The molecule has 3 aromatic carbocycles. The number of aromatic nitrogens is 1. The number of nitrogen functional groups attached to an aromatic ring is 1. The van der Waals surface area contributed by atoms with E-state index in [2.05, 4.69) is 29.2 Å². The van der Waals surface area contributed by atoms with Crippen molar-refractivity contribution < 1.29 is 4.74 Å². The van der Waals surface area contributed by atoms with Gasteiger partial charge in [0.25, 0.3) is 0 Å². The maximum Gasteiger partial charge on any atom is 0.180 e. The summed E-state index contributed by atoms with van der Waals surface area (Å²) in [5.74, 6) is 1.60. The number of rotatable bonds is 4. The Bertz CT molecular complexity index is 961. The van der Waals surface area contributed by atoms with Crippen LogP contribution in [-0.2, 0) is 0 Å². The molecule has 0 spiro atoms. The smallest absolute Gasteiger partial charge is 0.180 e. The normalized spacial score (nSPS) is 10.6. The third-order valence-corrected chi connectivity index (χ3v) is 4.54. The molecule has 0 aliphatic carbocycles. The fourth-order valence-corrected chi connectivity index (χ4v) is 3.17. The number of thiazole rings is 1. The summed E-state index contributed by atoms with van der Waals surface area (Å²) < 4.78 is 5.92. The molecular weight excluding hydrogens is 328 g/mol. The summed E-state index contributed by atoms with van der Waals surface area (Å²) in [5.41, 5.74) is 9.97. The van der Waals surface area contributed by atoms with Gasteiger partial charge >= 0.3 is 0 Å². The summed E-state index contributed by atoms with van der Waals surface area (Å²) in [4.78, 5) is 4.29. The van der Waals surface area contributed by atoms with Crippen molar-refractivity contribution in [1.82, 2.24) is 4.98 Å². The molecule has 2 N–H and O–H groups in total. The standard InChI is InChI=1S/C21H16N2OS/c22-21-23-20(14-25-21)17-8-12-19(13-9-17)24-18-10-6-16(7-11-18)15-4-2-1-3-5-15/h1-14H,(H2,22,23). The van der Waals surface area contributed by atoms with Crippen LogP contribution in [-0.4, -0.2) is 4.98 Å². The number of ether oxygens (including phenoxy) is 1. The van der Waals surface area contributed by atoms with Crippen LogP contribution in [0, 0.1) is 0 Å². The maximum absolute atomic E-state index is 5.92. The Morgan fingerprint density at radius 3 is 1.80 bits per heavy atom. The van der Waals surface area contributed by atoms with Gasteiger partial charge in [0.2, 0.25) is 0 Å². The summed E-state index contributed by atoms with van der Waals surface area (Å²) in [5, 5.41) is 2.53. The molecule has 25 heavy (non-hydrogen) atoms. The van der Waals surface area contributed by atoms with E-state index in [0.29, 0.717) is 5.13 Å². The zero-order valence-electron chi connectivity index (χ0n) is 13.4. The Morgan fingerprint density at radius 2 is 1.24 bits per heavy atom. The highest BCUT2D eigenvalue weighted by molar-refractivity contribution is 7.13. The molecule has 1 heterocycles. The van der Waals surface area contributed by atoms with E-state index in [9.17, 15) is 0 Å². The van der Waals surface area contributed by atoms with E-state index < -0.39 is 0 Å². The quantitative estimate of drug-likeness (QED) is 0.505. The Labute approximate surface area is 150 Å². The van der Waals surface area contributed by atoms with E-state index in [-0.39, 0.29) is 0 Å². The van der Waals surface area contributed by atoms with E-state index in [1.807, 2.05) is 60.0 Å². The van der Waals surface area contributed by atoms with Gasteiger partial charge in [-0.25, -0.2) is 4.98 Å². The highest BCUT2D eigenvalue weighted by Crippen LogP contribution is 2.28. The fraction of sp³-hybridized carbons (Fsp3) is 0. The van der Waals surface area contributed by atoms with Crippen LogP contribution < -0.4 is 10.5 Å². The second-order valence-electron chi connectivity index (χ2n) is 5.59. The number of hydrogen-bond acceptors (Lipinski definition) is 4. The van der Waals surface area contributed by atoms with E-state index in [0.717, 1.165) is 22.8 Å². The van der Waals surface area contributed by atoms with Crippen LogP contribution in [0.1, 0.15) is 0 Å². The van der Waals surface area contributed by atoms with Crippen molar-refractivity contribution in [2.45, 2.75) is 0 Å². The monoisotopic (exact) mass is 344 g/mol. The highest BCUT2D eigenvalue weighted by atomic mass is 32.1. The van der Waals surface area contributed by atoms with Gasteiger partial charge in [0.1, 0.15) is 11.5 Å². The second kappa shape index (κ2) is 6.79. The van der Waals surface area contributed by atoms with E-state index in [1.165, 1.54) is 22.5 Å². The van der Waals surface area contributed by atoms with Gasteiger partial charge < -0.3 is 10.5 Å². The first-order valence-electron chi connectivity index (χ1n) is 7.93. The largest absolute Gasteiger partial charge is 0.457 e. The van der Waals surface area contributed by atoms with Gasteiger partial charge in [-0.05, 0) is 47.5 Å². The molecule has 0 aliphatic rings. The molecule has 0 radical (unpaired) electrons. The molecule has 4 aromatic rings. The van der Waals surface area contributed by atoms with Crippen molar-refractivity contribution in [2.75, 3.05) is 5.73 Å². The molecule has 122 valence electrons. The molecular formula is C21H16N2OS. The van der Waals surface area contributed by atoms with Gasteiger partial charge in [-0.1, -0.05) is 42.5 Å². The molecule has 0 atom stereocenters. The average molecular weight is 344 g/mol. The minimum Gasteiger partial charge on any atom is -0.457 e. The molecule has 0 saturated carbocycles. The third kappa shape index (κ3) is 3.54. The Morgan fingerprint density at radius 1 is 0.680 bits per heavy atom. The van der Waals surface area contributed by atoms with Crippen LogP contribution in [0.25, 0.3) is 22.4 Å². The molecule has 0 aliphatic heterocycles. The van der Waals surface area contributed by atoms with Crippen molar-refractivity contribution in [3.8, 4) is 33.9 Å². The summed E-state index contributed by atoms with van der Waals surface area (Å²) in [7, 11) is 0. The molecule has 1 aromatic heterocycles. The molecule has 3 nitrogen and oxygen atoms in total. The predicted molar refractivity (Wildman–Crippen MR) is 104 cm³/mol. The number of anilines is 1. The predicted octanol–water partition coefficient (Wildman–Crippen LogP) is 5.85. The van der Waals surface area contributed by atoms with Crippen molar-refractivity contribution in [2.24, 2.45) is 0 Å². The molecule has 0 amide bonds. The lowest BCUT2D eigenvalue weighted by atomic mass is 10.1. The molecule has 0 bridgehead atoms. The lowest BCUT2D eigenvalue weighted by Gasteiger charge is -2.08. The topological polar surface area (TPSA) is 48.1 Å². The molecule has 4 rings (SSSR count). The molecule has 0 fully saturated rings. The van der Waals surface area contributed by atoms with Gasteiger partial charge in [-0.2, -0.15) is 0 Å². The van der Waals surface area contributed by atoms with Crippen LogP contribution in [0.3, 0.4) is 0 Å². The first-order valence-corrected chi connectivity index (χ1v) is 8.81. The Hall–Kier alpha value is -3.11. The van der Waals surface area contributed by atoms with Crippen LogP contribution >= 0.6 is 11.3 Å². The SMILES string of the molecule is Nc1nc(-c2ccc(Oc3ccc(-c4ccccc4)cc3)cc2)cs1. The first kappa shape index (κ1) is 15.4. The van der Waals surface area contributed by atoms with Crippen molar-refractivity contribution in [3.05, 3.63) is 84.2 Å². The zero-order valence-corrected chi connectivity index (χ0v) is 14.2. The second-order valence-corrected chi connectivity index (χ2v) is 6.48. The summed E-state index contributed by atoms with van der Waals surface area (Å²) in [6.07, 6.45) is 0. The van der Waals surface area contributed by atoms with Crippen LogP contribution in [0.15, 0.2) is 84.2 Å². The Kier molecular flexibility index (Phi) is 4.19. The van der Waals surface area contributed by atoms with Crippen LogP contribution in [0.2, 0.25) is 0 Å². The lowest BCUT2D eigenvalue weighted by molar-refractivity contribution is 0.483. The number of hydrogen-bond donors (Lipinski definition) is 1. The average Bonchev–Trinajstić information content (AvgIpc) is 3.10. The zero-order chi connectivity index (χ0) is 17.1. The molecule has 0 saturated heterocycles. The fourth-order valence-electron chi connectivity index (χ4n) is 2.60. The summed E-state index contributed by atoms with van der Waals surface area (Å²) >= 11 is 1.44. The molecule has 0 unspecified atom stereocenters. The highest BCUT2D eigenvalue weighted by Gasteiger charge is 2.04. The number of benzene rings is 3. The van der Waals surface area contributed by atoms with Crippen LogP contribution in [0.5, 0.6) is 11.5 Å². The van der Waals surface area contributed by atoms with Crippen molar-refractivity contribution in [3.63, 3.8) is 0 Å². The third-order valence-electron chi connectivity index (χ3n) is 3.87. The molecule has 4 heteroatoms. The summed E-state index contributed by atoms with van der Waals surface area (Å²) in [6, 6.07) is 26.2. The van der Waals surface area contributed by atoms with Gasteiger partial charge in [0.05, 0.1) is 5.69 Å². The number of nitrogens with two attached hydrogens (primary N) is 1. The maximum atomic E-state index is 5.92. The van der Waals surface area contributed by atoms with E-state index in [4.69, 9.17) is 10.5 Å². The van der Waals surface area contributed by atoms with Crippen molar-refractivity contribution >= 4 is 16.5 Å². The van der Waals surface area contributed by atoms with Crippen LogP contribution in [0.4, 0.5) is 5.13 Å². The van der Waals surface area contributed by atoms with E-state index in [1.54, 1.807) is 0 Å². The Balaban J connectivity index is 1.48. The number of nitrogens with zero attached hydrogens (tertiary/aromatic N) is 1. The minimum absolute atomic E-state index is 0.578. The first-order chi connectivity index (χ1) is 12.3. The van der Waals surface area contributed by atoms with Crippen molar-refractivity contribution in [1.29, 1.82) is 0 Å². The van der Waals surface area contributed by atoms with E-state index >= 15 is 0 Å². The summed E-state index contributed by atoms with van der Waals surface area (Å²) in [6.45, 7) is 0. The lowest BCUT2D eigenvalue weighted by Crippen LogP contribution is -1.86. The van der Waals surface area contributed by atoms with Gasteiger partial charge in [-0.3, -0.25) is 0 Å². The van der Waals surface area contributed by atoms with Gasteiger partial charge in [0, 0.05) is 10.9 Å².